The number of amides is 1. The first-order valence-electron chi connectivity index (χ1n) is 5.20. The summed E-state index contributed by atoms with van der Waals surface area (Å²) in [5.74, 6) is -1.52. The third-order valence-corrected chi connectivity index (χ3v) is 2.20. The number of nitrogens with one attached hydrogen (secondary N) is 1. The van der Waals surface area contributed by atoms with Crippen LogP contribution in [0.1, 0.15) is 25.3 Å². The lowest BCUT2D eigenvalue weighted by molar-refractivity contribution is -0.305. The fraction of sp³-hybridized carbons (Fsp3) is 0.333. The van der Waals surface area contributed by atoms with E-state index in [-0.39, 0.29) is 18.7 Å². The molecule has 4 heteroatoms. The topological polar surface area (TPSA) is 69.2 Å². The van der Waals surface area contributed by atoms with Gasteiger partial charge in [-0.25, -0.2) is 0 Å². The van der Waals surface area contributed by atoms with Crippen LogP contribution in [0.25, 0.3) is 0 Å². The highest BCUT2D eigenvalue weighted by molar-refractivity contribution is 5.92. The van der Waals surface area contributed by atoms with E-state index in [0.29, 0.717) is 5.69 Å². The second kappa shape index (κ2) is 5.90. The molecule has 0 radical (unpaired) electrons. The number of hydrogen-bond donors (Lipinski definition) is 1. The minimum Gasteiger partial charge on any atom is -0.550 e. The number of carbonyl (C=O) groups excluding carboxylic acids is 2. The van der Waals surface area contributed by atoms with Gasteiger partial charge in [-0.05, 0) is 30.5 Å². The van der Waals surface area contributed by atoms with Crippen molar-refractivity contribution in [3.63, 3.8) is 0 Å². The monoisotopic (exact) mass is 220 g/mol. The Labute approximate surface area is 94.3 Å². The van der Waals surface area contributed by atoms with E-state index in [1.165, 1.54) is 5.56 Å². The minimum atomic E-state index is -1.21. The lowest BCUT2D eigenvalue weighted by Gasteiger charge is -2.06. The van der Waals surface area contributed by atoms with Gasteiger partial charge in [-0.3, -0.25) is 4.79 Å². The van der Waals surface area contributed by atoms with E-state index in [2.05, 4.69) is 5.32 Å². The van der Waals surface area contributed by atoms with E-state index in [1.807, 2.05) is 19.1 Å². The standard InChI is InChI=1S/C12H15NO3/c1-2-9-3-5-10(6-4-9)13-11(14)7-8-12(15)16/h3-6H,2,7-8H2,1H3,(H,13,14)(H,15,16)/p-1. The number of hydrogen-bond acceptors (Lipinski definition) is 3. The van der Waals surface area contributed by atoms with Crippen LogP contribution in [-0.2, 0) is 16.0 Å². The maximum Gasteiger partial charge on any atom is 0.224 e. The summed E-state index contributed by atoms with van der Waals surface area (Å²) in [7, 11) is 0. The molecule has 1 aromatic rings. The fourth-order valence-electron chi connectivity index (χ4n) is 1.26. The van der Waals surface area contributed by atoms with Crippen LogP contribution in [0.4, 0.5) is 5.69 Å². The number of aliphatic carboxylic acids is 1. The Balaban J connectivity index is 2.46. The second-order valence-corrected chi connectivity index (χ2v) is 3.47. The van der Waals surface area contributed by atoms with Crippen LogP contribution < -0.4 is 10.4 Å². The summed E-state index contributed by atoms with van der Waals surface area (Å²) in [5.41, 5.74) is 1.87. The molecule has 0 aliphatic heterocycles. The summed E-state index contributed by atoms with van der Waals surface area (Å²) in [6.45, 7) is 2.05. The molecule has 16 heavy (non-hydrogen) atoms. The van der Waals surface area contributed by atoms with Crippen molar-refractivity contribution in [3.05, 3.63) is 29.8 Å². The molecule has 1 aromatic carbocycles. The molecule has 4 nitrogen and oxygen atoms in total. The van der Waals surface area contributed by atoms with Crippen LogP contribution in [0, 0.1) is 0 Å². The van der Waals surface area contributed by atoms with Crippen LogP contribution >= 0.6 is 0 Å². The Kier molecular flexibility index (Phi) is 4.51. The van der Waals surface area contributed by atoms with E-state index < -0.39 is 5.97 Å². The molecular formula is C12H14NO3-. The molecular weight excluding hydrogens is 206 g/mol. The van der Waals surface area contributed by atoms with Crippen LogP contribution in [0.5, 0.6) is 0 Å². The molecule has 0 spiro atoms. The zero-order chi connectivity index (χ0) is 12.0. The Hall–Kier alpha value is -1.84. The molecule has 0 heterocycles. The van der Waals surface area contributed by atoms with E-state index in [0.717, 1.165) is 6.42 Å². The van der Waals surface area contributed by atoms with E-state index in [4.69, 9.17) is 0 Å². The molecule has 0 atom stereocenters. The third kappa shape index (κ3) is 4.13. The highest BCUT2D eigenvalue weighted by Gasteiger charge is 2.02. The van der Waals surface area contributed by atoms with Crippen molar-refractivity contribution in [2.24, 2.45) is 0 Å². The number of carbonyl (C=O) groups is 2. The van der Waals surface area contributed by atoms with Gasteiger partial charge in [0.1, 0.15) is 0 Å². The molecule has 0 aromatic heterocycles. The highest BCUT2D eigenvalue weighted by Crippen LogP contribution is 2.10. The smallest absolute Gasteiger partial charge is 0.224 e. The van der Waals surface area contributed by atoms with Gasteiger partial charge in [0.2, 0.25) is 5.91 Å². The van der Waals surface area contributed by atoms with Gasteiger partial charge < -0.3 is 15.2 Å². The van der Waals surface area contributed by atoms with Crippen molar-refractivity contribution in [2.45, 2.75) is 26.2 Å². The van der Waals surface area contributed by atoms with Crippen molar-refractivity contribution in [3.8, 4) is 0 Å². The Morgan fingerprint density at radius 1 is 1.19 bits per heavy atom. The van der Waals surface area contributed by atoms with E-state index >= 15 is 0 Å². The highest BCUT2D eigenvalue weighted by atomic mass is 16.4. The average molecular weight is 220 g/mol. The van der Waals surface area contributed by atoms with Gasteiger partial charge in [-0.15, -0.1) is 0 Å². The normalized spacial score (nSPS) is 9.81. The number of carboxylic acid groups (broad SMARTS) is 1. The number of benzene rings is 1. The molecule has 1 N–H and O–H groups in total. The summed E-state index contributed by atoms with van der Waals surface area (Å²) in [4.78, 5) is 21.4. The molecule has 0 aliphatic rings. The van der Waals surface area contributed by atoms with Crippen LogP contribution in [0.3, 0.4) is 0 Å². The maximum absolute atomic E-state index is 11.3. The molecule has 0 fully saturated rings. The fourth-order valence-corrected chi connectivity index (χ4v) is 1.26. The van der Waals surface area contributed by atoms with Crippen molar-refractivity contribution >= 4 is 17.6 Å². The maximum atomic E-state index is 11.3. The number of rotatable bonds is 5. The van der Waals surface area contributed by atoms with Gasteiger partial charge in [0.15, 0.2) is 0 Å². The average Bonchev–Trinajstić information content (AvgIpc) is 2.27. The zero-order valence-corrected chi connectivity index (χ0v) is 9.16. The molecule has 1 amide bonds. The van der Waals surface area contributed by atoms with Gasteiger partial charge in [0.05, 0.1) is 0 Å². The first kappa shape index (κ1) is 12.2. The Morgan fingerprint density at radius 2 is 1.81 bits per heavy atom. The van der Waals surface area contributed by atoms with Gasteiger partial charge in [-0.1, -0.05) is 19.1 Å². The molecule has 0 saturated carbocycles. The van der Waals surface area contributed by atoms with E-state index in [1.54, 1.807) is 12.1 Å². The first-order valence-corrected chi connectivity index (χ1v) is 5.20. The summed E-state index contributed by atoms with van der Waals surface area (Å²) in [5, 5.41) is 12.8. The minimum absolute atomic E-state index is 0.0577. The third-order valence-electron chi connectivity index (χ3n) is 2.20. The summed E-state index contributed by atoms with van der Waals surface area (Å²) < 4.78 is 0. The summed E-state index contributed by atoms with van der Waals surface area (Å²) >= 11 is 0. The van der Waals surface area contributed by atoms with Gasteiger partial charge in [0.25, 0.3) is 0 Å². The second-order valence-electron chi connectivity index (χ2n) is 3.47. The number of aryl methyl sites for hydroxylation is 1. The predicted molar refractivity (Wildman–Crippen MR) is 58.7 cm³/mol. The molecule has 1 rings (SSSR count). The van der Waals surface area contributed by atoms with Crippen molar-refractivity contribution in [2.75, 3.05) is 5.32 Å². The first-order chi connectivity index (χ1) is 7.61. The Morgan fingerprint density at radius 3 is 2.31 bits per heavy atom. The van der Waals surface area contributed by atoms with Crippen LogP contribution in [0.15, 0.2) is 24.3 Å². The summed E-state index contributed by atoms with van der Waals surface area (Å²) in [6.07, 6.45) is 0.635. The van der Waals surface area contributed by atoms with Gasteiger partial charge >= 0.3 is 0 Å². The Bertz CT molecular complexity index is 370. The number of carboxylic acids is 1. The van der Waals surface area contributed by atoms with Crippen molar-refractivity contribution < 1.29 is 14.7 Å². The lowest BCUT2D eigenvalue weighted by atomic mass is 10.1. The van der Waals surface area contributed by atoms with Crippen molar-refractivity contribution in [1.82, 2.24) is 0 Å². The lowest BCUT2D eigenvalue weighted by Crippen LogP contribution is -2.24. The molecule has 0 bridgehead atoms. The molecule has 0 saturated heterocycles. The van der Waals surface area contributed by atoms with Crippen LogP contribution in [0.2, 0.25) is 0 Å². The van der Waals surface area contributed by atoms with E-state index in [9.17, 15) is 14.7 Å². The largest absolute Gasteiger partial charge is 0.550 e. The van der Waals surface area contributed by atoms with Gasteiger partial charge in [-0.2, -0.15) is 0 Å². The SMILES string of the molecule is CCc1ccc(NC(=O)CCC(=O)[O-])cc1. The molecule has 86 valence electrons. The summed E-state index contributed by atoms with van der Waals surface area (Å²) in [6, 6.07) is 7.45. The van der Waals surface area contributed by atoms with Crippen molar-refractivity contribution in [1.29, 1.82) is 0 Å². The quantitative estimate of drug-likeness (QED) is 0.794. The van der Waals surface area contributed by atoms with Crippen LogP contribution in [-0.4, -0.2) is 11.9 Å². The molecule has 0 unspecified atom stereocenters. The number of anilines is 1. The zero-order valence-electron chi connectivity index (χ0n) is 9.16. The molecule has 0 aliphatic carbocycles. The predicted octanol–water partition coefficient (Wildman–Crippen LogP) is 0.718. The van der Waals surface area contributed by atoms with Gasteiger partial charge in [0, 0.05) is 18.1 Å².